The summed E-state index contributed by atoms with van der Waals surface area (Å²) in [6.45, 7) is 4.24. The first-order valence-electron chi connectivity index (χ1n) is 11.5. The first-order valence-corrected chi connectivity index (χ1v) is 11.5. The summed E-state index contributed by atoms with van der Waals surface area (Å²) in [7, 11) is 0. The number of fused-ring (bicyclic) bond motifs is 5. The number of nitrogens with one attached hydrogen (secondary N) is 2. The summed E-state index contributed by atoms with van der Waals surface area (Å²) in [6.07, 6.45) is 10.00. The number of nitrogens with zero attached hydrogens (tertiary/aromatic N) is 3. The van der Waals surface area contributed by atoms with Crippen molar-refractivity contribution in [1.82, 2.24) is 25.0 Å². The fourth-order valence-corrected chi connectivity index (χ4v) is 5.75. The van der Waals surface area contributed by atoms with Crippen molar-refractivity contribution in [3.8, 4) is 11.4 Å². The number of hydrogen-bond acceptors (Lipinski definition) is 3. The van der Waals surface area contributed by atoms with Gasteiger partial charge in [0, 0.05) is 35.6 Å². The zero-order chi connectivity index (χ0) is 20.1. The van der Waals surface area contributed by atoms with Gasteiger partial charge in [-0.05, 0) is 87.4 Å². The summed E-state index contributed by atoms with van der Waals surface area (Å²) in [5, 5.41) is 8.60. The third kappa shape index (κ3) is 3.56. The highest BCUT2D eigenvalue weighted by atomic mass is 35.5. The average Bonchev–Trinajstić information content (AvgIpc) is 3.52. The van der Waals surface area contributed by atoms with Crippen LogP contribution in [0.15, 0.2) is 24.4 Å². The van der Waals surface area contributed by atoms with Crippen molar-refractivity contribution in [3.63, 3.8) is 0 Å². The molecule has 0 bridgehead atoms. The van der Waals surface area contributed by atoms with E-state index in [1.165, 1.54) is 42.4 Å². The van der Waals surface area contributed by atoms with E-state index in [0.717, 1.165) is 67.7 Å². The number of amides is 1. The molecule has 2 aliphatic heterocycles. The number of rotatable bonds is 2. The quantitative estimate of drug-likeness (QED) is 0.629. The molecule has 3 aliphatic rings. The number of hydrogen-bond donors (Lipinski definition) is 2. The predicted octanol–water partition coefficient (Wildman–Crippen LogP) is 4.17. The molecule has 2 N–H and O–H groups in total. The van der Waals surface area contributed by atoms with Gasteiger partial charge in [-0.2, -0.15) is 5.10 Å². The van der Waals surface area contributed by atoms with E-state index in [0.29, 0.717) is 6.04 Å². The molecule has 164 valence electrons. The largest absolute Gasteiger partial charge is 0.353 e. The lowest BCUT2D eigenvalue weighted by Crippen LogP contribution is -2.45. The van der Waals surface area contributed by atoms with Gasteiger partial charge >= 0.3 is 0 Å². The summed E-state index contributed by atoms with van der Waals surface area (Å²) >= 11 is 0. The van der Waals surface area contributed by atoms with Crippen LogP contribution in [0.3, 0.4) is 0 Å². The second-order valence-electron chi connectivity index (χ2n) is 9.13. The van der Waals surface area contributed by atoms with Crippen LogP contribution in [-0.4, -0.2) is 63.1 Å². The molecule has 2 fully saturated rings. The van der Waals surface area contributed by atoms with Crippen LogP contribution in [0.2, 0.25) is 0 Å². The maximum absolute atomic E-state index is 13.3. The molecular formula is C24H30ClN5O. The Kier molecular flexibility index (Phi) is 5.52. The Bertz CT molecular complexity index is 1090. The Hall–Kier alpha value is -2.31. The highest BCUT2D eigenvalue weighted by molar-refractivity contribution is 6.00. The average molecular weight is 440 g/mol. The third-order valence-electron chi connectivity index (χ3n) is 7.40. The monoisotopic (exact) mass is 439 g/mol. The van der Waals surface area contributed by atoms with Gasteiger partial charge in [-0.1, -0.05) is 0 Å². The van der Waals surface area contributed by atoms with Gasteiger partial charge < -0.3 is 14.8 Å². The van der Waals surface area contributed by atoms with Crippen LogP contribution in [0.1, 0.15) is 53.6 Å². The molecule has 7 heteroatoms. The molecule has 1 aromatic carbocycles. The van der Waals surface area contributed by atoms with Crippen molar-refractivity contribution in [3.05, 3.63) is 41.1 Å². The highest BCUT2D eigenvalue weighted by Crippen LogP contribution is 2.36. The molecule has 0 radical (unpaired) electrons. The van der Waals surface area contributed by atoms with E-state index >= 15 is 0 Å². The van der Waals surface area contributed by atoms with Gasteiger partial charge in [0.2, 0.25) is 0 Å². The minimum absolute atomic E-state index is 0. The minimum Gasteiger partial charge on any atom is -0.353 e. The number of aromatic amines is 2. The number of H-pyrrole nitrogens is 2. The topological polar surface area (TPSA) is 68.0 Å². The van der Waals surface area contributed by atoms with Crippen LogP contribution in [0.4, 0.5) is 0 Å². The van der Waals surface area contributed by atoms with E-state index in [4.69, 9.17) is 0 Å². The van der Waals surface area contributed by atoms with Crippen molar-refractivity contribution in [2.24, 2.45) is 0 Å². The number of aryl methyl sites for hydroxylation is 2. The molecule has 0 spiro atoms. The maximum atomic E-state index is 13.3. The molecule has 1 aliphatic carbocycles. The predicted molar refractivity (Wildman–Crippen MR) is 125 cm³/mol. The molecule has 3 aromatic rings. The second-order valence-corrected chi connectivity index (χ2v) is 9.13. The van der Waals surface area contributed by atoms with Crippen molar-refractivity contribution in [1.29, 1.82) is 0 Å². The molecule has 4 heterocycles. The number of piperidine rings is 1. The van der Waals surface area contributed by atoms with E-state index in [1.54, 1.807) is 0 Å². The third-order valence-corrected chi connectivity index (χ3v) is 7.40. The van der Waals surface area contributed by atoms with Crippen LogP contribution < -0.4 is 0 Å². The lowest BCUT2D eigenvalue weighted by atomic mass is 10.0. The number of halogens is 1. The molecule has 6 rings (SSSR count). The van der Waals surface area contributed by atoms with Crippen LogP contribution in [-0.2, 0) is 12.8 Å². The molecule has 2 aromatic heterocycles. The van der Waals surface area contributed by atoms with E-state index < -0.39 is 0 Å². The number of carbonyl (C=O) groups is 1. The Morgan fingerprint density at radius 3 is 2.61 bits per heavy atom. The first kappa shape index (κ1) is 20.6. The lowest BCUT2D eigenvalue weighted by Gasteiger charge is -2.36. The normalized spacial score (nSPS) is 19.7. The van der Waals surface area contributed by atoms with Gasteiger partial charge in [-0.25, -0.2) is 0 Å². The molecule has 0 atom stereocenters. The summed E-state index contributed by atoms with van der Waals surface area (Å²) in [5.74, 6) is 0.183. The summed E-state index contributed by atoms with van der Waals surface area (Å²) in [6, 6.07) is 6.84. The van der Waals surface area contributed by atoms with Crippen molar-refractivity contribution in [2.75, 3.05) is 26.2 Å². The Morgan fingerprint density at radius 1 is 1.00 bits per heavy atom. The number of likely N-dealkylation sites (tertiary alicyclic amines) is 2. The van der Waals surface area contributed by atoms with Crippen molar-refractivity contribution < 1.29 is 4.79 Å². The van der Waals surface area contributed by atoms with Gasteiger partial charge in [-0.3, -0.25) is 9.89 Å². The summed E-state index contributed by atoms with van der Waals surface area (Å²) < 4.78 is 0. The zero-order valence-corrected chi connectivity index (χ0v) is 18.6. The van der Waals surface area contributed by atoms with Crippen LogP contribution in [0.25, 0.3) is 22.3 Å². The molecule has 1 amide bonds. The van der Waals surface area contributed by atoms with Crippen molar-refractivity contribution >= 4 is 29.2 Å². The standard InChI is InChI=1S/C24H29N5O.ClH/c30-24(29-12-8-18(9-13-29)28-10-1-2-11-28)16-6-7-21-20(14-16)19-5-3-4-17-15-25-27-22(17)23(19)26-21;/h6-7,14-15,18,26H,1-5,8-13H2,(H,25,27);1H. The molecule has 0 unspecified atom stereocenters. The number of carbonyl (C=O) groups excluding carboxylic acids is 1. The van der Waals surface area contributed by atoms with Gasteiger partial charge in [0.1, 0.15) is 0 Å². The summed E-state index contributed by atoms with van der Waals surface area (Å²) in [4.78, 5) is 21.5. The highest BCUT2D eigenvalue weighted by Gasteiger charge is 2.29. The molecule has 31 heavy (non-hydrogen) atoms. The number of benzene rings is 1. The first-order chi connectivity index (χ1) is 14.8. The van der Waals surface area contributed by atoms with E-state index in [9.17, 15) is 4.79 Å². The molecule has 6 nitrogen and oxygen atoms in total. The maximum Gasteiger partial charge on any atom is 0.253 e. The fraction of sp³-hybridized carbons (Fsp3) is 0.500. The Labute approximate surface area is 188 Å². The number of aromatic nitrogens is 3. The van der Waals surface area contributed by atoms with E-state index in [1.807, 2.05) is 12.3 Å². The Morgan fingerprint density at radius 2 is 1.81 bits per heavy atom. The molecule has 2 saturated heterocycles. The fourth-order valence-electron chi connectivity index (χ4n) is 5.75. The molecular weight excluding hydrogens is 410 g/mol. The van der Waals surface area contributed by atoms with Gasteiger partial charge in [-0.15, -0.1) is 12.4 Å². The minimum atomic E-state index is 0. The smallest absolute Gasteiger partial charge is 0.253 e. The van der Waals surface area contributed by atoms with Crippen LogP contribution in [0, 0.1) is 0 Å². The zero-order valence-electron chi connectivity index (χ0n) is 17.8. The van der Waals surface area contributed by atoms with Gasteiger partial charge in [0.05, 0.1) is 17.6 Å². The van der Waals surface area contributed by atoms with Gasteiger partial charge in [0.15, 0.2) is 0 Å². The van der Waals surface area contributed by atoms with Crippen LogP contribution >= 0.6 is 12.4 Å². The lowest BCUT2D eigenvalue weighted by molar-refractivity contribution is 0.0644. The summed E-state index contributed by atoms with van der Waals surface area (Å²) in [5.41, 5.74) is 6.76. The second kappa shape index (κ2) is 8.32. The van der Waals surface area contributed by atoms with Crippen molar-refractivity contribution in [2.45, 2.75) is 51.0 Å². The van der Waals surface area contributed by atoms with Crippen LogP contribution in [0.5, 0.6) is 0 Å². The van der Waals surface area contributed by atoms with E-state index in [2.05, 4.69) is 37.1 Å². The molecule has 0 saturated carbocycles. The van der Waals surface area contributed by atoms with Gasteiger partial charge in [0.25, 0.3) is 5.91 Å². The SMILES string of the molecule is Cl.O=C(c1ccc2[nH]c3c(c2c1)CCCc1cn[nH]c1-3)N1CCC(N2CCCC2)CC1. The Balaban J connectivity index is 0.00000204. The van der Waals surface area contributed by atoms with E-state index in [-0.39, 0.29) is 18.3 Å².